The van der Waals surface area contributed by atoms with Crippen LogP contribution in [-0.4, -0.2) is 55.7 Å². The summed E-state index contributed by atoms with van der Waals surface area (Å²) in [5.41, 5.74) is 0. The van der Waals surface area contributed by atoms with Gasteiger partial charge in [0.2, 0.25) is 0 Å². The van der Waals surface area contributed by atoms with Crippen LogP contribution in [0.25, 0.3) is 0 Å². The summed E-state index contributed by atoms with van der Waals surface area (Å²) in [4.78, 5) is 12.3. The van der Waals surface area contributed by atoms with Crippen LogP contribution in [-0.2, 0) is 9.53 Å². The smallest absolute Gasteiger partial charge is 0.149 e. The standard InChI is InChI=1S/C11H21NO3.C2H6/c1-12(8-11(14)9-13)5-2-10-3-6-15-7-4-10;1-2/h9-11,14H,2-8H2,1H3;1-2H3. The topological polar surface area (TPSA) is 49.8 Å². The number of ether oxygens (including phenoxy) is 1. The number of hydrogen-bond acceptors (Lipinski definition) is 4. The van der Waals surface area contributed by atoms with Crippen molar-refractivity contribution in [2.24, 2.45) is 5.92 Å². The van der Waals surface area contributed by atoms with Crippen molar-refractivity contribution in [1.82, 2.24) is 4.90 Å². The van der Waals surface area contributed by atoms with Crippen LogP contribution >= 0.6 is 0 Å². The zero-order chi connectivity index (χ0) is 13.1. The Balaban J connectivity index is 0.00000121. The minimum absolute atomic E-state index is 0.437. The number of nitrogens with zero attached hydrogens (tertiary/aromatic N) is 1. The Labute approximate surface area is 105 Å². The van der Waals surface area contributed by atoms with Crippen LogP contribution in [0.15, 0.2) is 0 Å². The fourth-order valence-electron chi connectivity index (χ4n) is 1.89. The van der Waals surface area contributed by atoms with E-state index in [1.54, 1.807) is 0 Å². The minimum atomic E-state index is -0.843. The van der Waals surface area contributed by atoms with Gasteiger partial charge in [-0.1, -0.05) is 13.8 Å². The third-order valence-corrected chi connectivity index (χ3v) is 2.92. The van der Waals surface area contributed by atoms with Crippen molar-refractivity contribution < 1.29 is 14.6 Å². The van der Waals surface area contributed by atoms with Crippen molar-refractivity contribution in [3.63, 3.8) is 0 Å². The van der Waals surface area contributed by atoms with Gasteiger partial charge in [0.25, 0.3) is 0 Å². The second-order valence-corrected chi connectivity index (χ2v) is 4.31. The lowest BCUT2D eigenvalue weighted by molar-refractivity contribution is -0.115. The van der Waals surface area contributed by atoms with Crippen molar-refractivity contribution in [2.75, 3.05) is 33.4 Å². The zero-order valence-electron chi connectivity index (χ0n) is 11.4. The SMILES string of the molecule is CC.CN(CCC1CCOCC1)CC(O)C=O. The van der Waals surface area contributed by atoms with Gasteiger partial charge in [0.15, 0.2) is 0 Å². The van der Waals surface area contributed by atoms with Gasteiger partial charge < -0.3 is 19.5 Å². The fourth-order valence-corrected chi connectivity index (χ4v) is 1.89. The lowest BCUT2D eigenvalue weighted by Crippen LogP contribution is -2.32. The summed E-state index contributed by atoms with van der Waals surface area (Å²) in [6, 6.07) is 0. The molecule has 0 amide bonds. The van der Waals surface area contributed by atoms with E-state index in [0.717, 1.165) is 44.9 Å². The van der Waals surface area contributed by atoms with Crippen LogP contribution in [0.4, 0.5) is 0 Å². The van der Waals surface area contributed by atoms with Gasteiger partial charge in [0, 0.05) is 19.8 Å². The summed E-state index contributed by atoms with van der Waals surface area (Å²) < 4.78 is 5.29. The molecule has 0 saturated carbocycles. The largest absolute Gasteiger partial charge is 0.384 e. The van der Waals surface area contributed by atoms with Gasteiger partial charge in [0.1, 0.15) is 12.4 Å². The Morgan fingerprint density at radius 2 is 2.00 bits per heavy atom. The van der Waals surface area contributed by atoms with Crippen LogP contribution in [0.2, 0.25) is 0 Å². The molecule has 1 unspecified atom stereocenters. The predicted molar refractivity (Wildman–Crippen MR) is 69.1 cm³/mol. The lowest BCUT2D eigenvalue weighted by Gasteiger charge is -2.25. The number of aliphatic hydroxyl groups is 1. The molecule has 1 fully saturated rings. The average Bonchev–Trinajstić information content (AvgIpc) is 2.40. The third kappa shape index (κ3) is 8.30. The fraction of sp³-hybridized carbons (Fsp3) is 0.923. The van der Waals surface area contributed by atoms with Crippen molar-refractivity contribution in [3.05, 3.63) is 0 Å². The quantitative estimate of drug-likeness (QED) is 0.717. The highest BCUT2D eigenvalue weighted by Crippen LogP contribution is 2.18. The molecule has 1 saturated heterocycles. The molecular formula is C13H27NO3. The molecule has 0 aliphatic carbocycles. The summed E-state index contributed by atoms with van der Waals surface area (Å²) in [6.45, 7) is 7.14. The van der Waals surface area contributed by atoms with E-state index in [4.69, 9.17) is 9.84 Å². The molecule has 102 valence electrons. The first-order chi connectivity index (χ1) is 8.22. The molecule has 4 heteroatoms. The number of likely N-dealkylation sites (N-methyl/N-ethyl adjacent to an activating group) is 1. The summed E-state index contributed by atoms with van der Waals surface area (Å²) in [7, 11) is 1.94. The van der Waals surface area contributed by atoms with Gasteiger partial charge in [-0.2, -0.15) is 0 Å². The molecule has 1 heterocycles. The Bertz CT molecular complexity index is 182. The highest BCUT2D eigenvalue weighted by molar-refractivity contribution is 5.55. The van der Waals surface area contributed by atoms with Crippen LogP contribution in [0.5, 0.6) is 0 Å². The van der Waals surface area contributed by atoms with E-state index in [9.17, 15) is 4.79 Å². The number of rotatable bonds is 6. The lowest BCUT2D eigenvalue weighted by atomic mass is 9.96. The van der Waals surface area contributed by atoms with Gasteiger partial charge in [0.05, 0.1) is 0 Å². The molecule has 1 rings (SSSR count). The van der Waals surface area contributed by atoms with Crippen molar-refractivity contribution in [3.8, 4) is 0 Å². The number of hydrogen-bond donors (Lipinski definition) is 1. The van der Waals surface area contributed by atoms with Gasteiger partial charge in [-0.05, 0) is 38.8 Å². The molecule has 0 aromatic rings. The first-order valence-electron chi connectivity index (χ1n) is 6.62. The molecule has 0 bridgehead atoms. The van der Waals surface area contributed by atoms with E-state index in [1.807, 2.05) is 25.8 Å². The molecule has 1 atom stereocenters. The molecule has 0 aromatic carbocycles. The molecule has 0 spiro atoms. The number of carbonyl (C=O) groups is 1. The number of aliphatic hydroxyl groups excluding tert-OH is 1. The monoisotopic (exact) mass is 245 g/mol. The second kappa shape index (κ2) is 10.7. The zero-order valence-corrected chi connectivity index (χ0v) is 11.4. The van der Waals surface area contributed by atoms with Gasteiger partial charge in [-0.25, -0.2) is 0 Å². The maximum absolute atomic E-state index is 10.3. The number of carbonyl (C=O) groups excluding carboxylic acids is 1. The van der Waals surface area contributed by atoms with E-state index < -0.39 is 6.10 Å². The molecule has 0 aromatic heterocycles. The maximum atomic E-state index is 10.3. The third-order valence-electron chi connectivity index (χ3n) is 2.92. The highest BCUT2D eigenvalue weighted by Gasteiger charge is 2.14. The highest BCUT2D eigenvalue weighted by atomic mass is 16.5. The maximum Gasteiger partial charge on any atom is 0.149 e. The van der Waals surface area contributed by atoms with Crippen molar-refractivity contribution >= 4 is 6.29 Å². The molecule has 0 radical (unpaired) electrons. The van der Waals surface area contributed by atoms with Gasteiger partial charge >= 0.3 is 0 Å². The van der Waals surface area contributed by atoms with Crippen LogP contribution in [0.3, 0.4) is 0 Å². The molecule has 1 aliphatic heterocycles. The van der Waals surface area contributed by atoms with E-state index >= 15 is 0 Å². The Morgan fingerprint density at radius 1 is 1.41 bits per heavy atom. The number of aldehydes is 1. The van der Waals surface area contributed by atoms with E-state index in [0.29, 0.717) is 12.8 Å². The van der Waals surface area contributed by atoms with Crippen molar-refractivity contribution in [1.29, 1.82) is 0 Å². The minimum Gasteiger partial charge on any atom is -0.384 e. The predicted octanol–water partition coefficient (Wildman–Crippen LogP) is 1.32. The summed E-state index contributed by atoms with van der Waals surface area (Å²) in [5, 5.41) is 9.14. The Hall–Kier alpha value is -0.450. The molecule has 17 heavy (non-hydrogen) atoms. The summed E-state index contributed by atoms with van der Waals surface area (Å²) in [6.07, 6.45) is 3.16. The summed E-state index contributed by atoms with van der Waals surface area (Å²) >= 11 is 0. The van der Waals surface area contributed by atoms with E-state index in [1.165, 1.54) is 0 Å². The van der Waals surface area contributed by atoms with Crippen LogP contribution in [0.1, 0.15) is 33.1 Å². The molecule has 4 nitrogen and oxygen atoms in total. The normalized spacial score (nSPS) is 18.4. The average molecular weight is 245 g/mol. The van der Waals surface area contributed by atoms with Gasteiger partial charge in [-0.15, -0.1) is 0 Å². The van der Waals surface area contributed by atoms with Crippen LogP contribution < -0.4 is 0 Å². The van der Waals surface area contributed by atoms with E-state index in [2.05, 4.69) is 0 Å². The van der Waals surface area contributed by atoms with E-state index in [-0.39, 0.29) is 0 Å². The molecule has 1 aliphatic rings. The second-order valence-electron chi connectivity index (χ2n) is 4.31. The Kier molecular flexibility index (Phi) is 10.4. The van der Waals surface area contributed by atoms with Crippen LogP contribution in [0, 0.1) is 5.92 Å². The molecular weight excluding hydrogens is 218 g/mol. The van der Waals surface area contributed by atoms with Gasteiger partial charge in [-0.3, -0.25) is 0 Å². The first kappa shape index (κ1) is 16.6. The first-order valence-corrected chi connectivity index (χ1v) is 6.62. The van der Waals surface area contributed by atoms with Crippen molar-refractivity contribution in [2.45, 2.75) is 39.2 Å². The Morgan fingerprint density at radius 3 is 2.53 bits per heavy atom. The summed E-state index contributed by atoms with van der Waals surface area (Å²) in [5.74, 6) is 0.745. The molecule has 1 N–H and O–H groups in total.